The summed E-state index contributed by atoms with van der Waals surface area (Å²) in [5.74, 6) is 1.46. The molecule has 1 aliphatic rings. The van der Waals surface area contributed by atoms with Gasteiger partial charge in [-0.05, 0) is 50.3 Å². The number of piperidine rings is 1. The molecule has 0 saturated carbocycles. The molecule has 1 aromatic rings. The van der Waals surface area contributed by atoms with Crippen molar-refractivity contribution in [2.24, 2.45) is 11.8 Å². The van der Waals surface area contributed by atoms with Gasteiger partial charge in [0.05, 0.1) is 0 Å². The Bertz CT molecular complexity index is 444. The molecule has 110 valence electrons. The van der Waals surface area contributed by atoms with Crippen molar-refractivity contribution < 1.29 is 4.79 Å². The quantitative estimate of drug-likeness (QED) is 0.865. The SMILES string of the molecule is Cc1cccc(CCC(=O)NCC2CCNCC2C)c1. The van der Waals surface area contributed by atoms with Gasteiger partial charge >= 0.3 is 0 Å². The van der Waals surface area contributed by atoms with Crippen molar-refractivity contribution in [2.45, 2.75) is 33.1 Å². The Labute approximate surface area is 122 Å². The number of hydrogen-bond donors (Lipinski definition) is 2. The Morgan fingerprint density at radius 3 is 3.05 bits per heavy atom. The maximum Gasteiger partial charge on any atom is 0.220 e. The van der Waals surface area contributed by atoms with Gasteiger partial charge in [-0.25, -0.2) is 0 Å². The van der Waals surface area contributed by atoms with Crippen molar-refractivity contribution in [3.05, 3.63) is 35.4 Å². The summed E-state index contributed by atoms with van der Waals surface area (Å²) in [4.78, 5) is 11.9. The first-order valence-corrected chi connectivity index (χ1v) is 7.68. The zero-order valence-electron chi connectivity index (χ0n) is 12.6. The summed E-state index contributed by atoms with van der Waals surface area (Å²) in [6, 6.07) is 8.39. The fourth-order valence-electron chi connectivity index (χ4n) is 2.83. The van der Waals surface area contributed by atoms with Gasteiger partial charge in [-0.3, -0.25) is 4.79 Å². The Morgan fingerprint density at radius 2 is 2.30 bits per heavy atom. The van der Waals surface area contributed by atoms with Crippen LogP contribution in [0.5, 0.6) is 0 Å². The van der Waals surface area contributed by atoms with Crippen molar-refractivity contribution in [1.29, 1.82) is 0 Å². The lowest BCUT2D eigenvalue weighted by Gasteiger charge is -2.29. The lowest BCUT2D eigenvalue weighted by Crippen LogP contribution is -2.41. The molecule has 0 aliphatic carbocycles. The van der Waals surface area contributed by atoms with E-state index in [9.17, 15) is 4.79 Å². The third-order valence-electron chi connectivity index (χ3n) is 4.25. The van der Waals surface area contributed by atoms with Gasteiger partial charge in [-0.15, -0.1) is 0 Å². The summed E-state index contributed by atoms with van der Waals surface area (Å²) in [6.45, 7) is 7.32. The molecule has 20 heavy (non-hydrogen) atoms. The van der Waals surface area contributed by atoms with E-state index < -0.39 is 0 Å². The summed E-state index contributed by atoms with van der Waals surface area (Å²) in [7, 11) is 0. The van der Waals surface area contributed by atoms with Gasteiger partial charge in [-0.1, -0.05) is 36.8 Å². The van der Waals surface area contributed by atoms with Crippen LogP contribution in [-0.4, -0.2) is 25.5 Å². The Balaban J connectivity index is 1.70. The number of rotatable bonds is 5. The highest BCUT2D eigenvalue weighted by atomic mass is 16.1. The number of amides is 1. The first-order chi connectivity index (χ1) is 9.65. The van der Waals surface area contributed by atoms with Crippen LogP contribution in [0.15, 0.2) is 24.3 Å². The summed E-state index contributed by atoms with van der Waals surface area (Å²) >= 11 is 0. The van der Waals surface area contributed by atoms with Crippen LogP contribution in [0.4, 0.5) is 0 Å². The maximum absolute atomic E-state index is 11.9. The number of carbonyl (C=O) groups is 1. The molecule has 0 bridgehead atoms. The molecule has 2 rings (SSSR count). The molecular formula is C17H26N2O. The minimum absolute atomic E-state index is 0.178. The van der Waals surface area contributed by atoms with Crippen LogP contribution in [0, 0.1) is 18.8 Å². The third-order valence-corrected chi connectivity index (χ3v) is 4.25. The van der Waals surface area contributed by atoms with Crippen LogP contribution in [0.1, 0.15) is 30.9 Å². The van der Waals surface area contributed by atoms with E-state index in [1.54, 1.807) is 0 Å². The highest BCUT2D eigenvalue weighted by molar-refractivity contribution is 5.76. The van der Waals surface area contributed by atoms with Crippen molar-refractivity contribution in [1.82, 2.24) is 10.6 Å². The van der Waals surface area contributed by atoms with Gasteiger partial charge in [0.15, 0.2) is 0 Å². The standard InChI is InChI=1S/C17H26N2O/c1-13-4-3-5-15(10-13)6-7-17(20)19-12-16-8-9-18-11-14(16)2/h3-5,10,14,16,18H,6-9,11-12H2,1-2H3,(H,19,20). The monoisotopic (exact) mass is 274 g/mol. The van der Waals surface area contributed by atoms with E-state index in [4.69, 9.17) is 0 Å². The summed E-state index contributed by atoms with van der Waals surface area (Å²) in [5.41, 5.74) is 2.50. The van der Waals surface area contributed by atoms with E-state index in [1.807, 2.05) is 0 Å². The van der Waals surface area contributed by atoms with E-state index in [0.29, 0.717) is 18.3 Å². The first-order valence-electron chi connectivity index (χ1n) is 7.68. The lowest BCUT2D eigenvalue weighted by atomic mass is 9.88. The molecule has 2 atom stereocenters. The van der Waals surface area contributed by atoms with Gasteiger partial charge in [0.2, 0.25) is 5.91 Å². The molecule has 3 nitrogen and oxygen atoms in total. The molecule has 0 spiro atoms. The van der Waals surface area contributed by atoms with Crippen LogP contribution in [0.25, 0.3) is 0 Å². The second kappa shape index (κ2) is 7.44. The summed E-state index contributed by atoms with van der Waals surface area (Å²) < 4.78 is 0. The van der Waals surface area contributed by atoms with E-state index >= 15 is 0 Å². The van der Waals surface area contributed by atoms with Crippen LogP contribution in [0.3, 0.4) is 0 Å². The molecule has 1 aromatic carbocycles. The Hall–Kier alpha value is -1.35. The molecule has 1 amide bonds. The fraction of sp³-hybridized carbons (Fsp3) is 0.588. The van der Waals surface area contributed by atoms with Crippen LogP contribution >= 0.6 is 0 Å². The Morgan fingerprint density at radius 1 is 1.45 bits per heavy atom. The Kier molecular flexibility index (Phi) is 5.60. The van der Waals surface area contributed by atoms with E-state index in [-0.39, 0.29) is 5.91 Å². The summed E-state index contributed by atoms with van der Waals surface area (Å²) in [6.07, 6.45) is 2.58. The average Bonchev–Trinajstić information content (AvgIpc) is 2.44. The number of nitrogens with one attached hydrogen (secondary N) is 2. The fourth-order valence-corrected chi connectivity index (χ4v) is 2.83. The molecule has 1 aliphatic heterocycles. The first kappa shape index (κ1) is 15.0. The van der Waals surface area contributed by atoms with Crippen LogP contribution in [-0.2, 0) is 11.2 Å². The van der Waals surface area contributed by atoms with Crippen molar-refractivity contribution in [2.75, 3.05) is 19.6 Å². The highest BCUT2D eigenvalue weighted by Crippen LogP contribution is 2.17. The van der Waals surface area contributed by atoms with Gasteiger partial charge in [0, 0.05) is 13.0 Å². The topological polar surface area (TPSA) is 41.1 Å². The van der Waals surface area contributed by atoms with Crippen molar-refractivity contribution in [3.8, 4) is 0 Å². The molecule has 1 saturated heterocycles. The molecule has 0 radical (unpaired) electrons. The minimum atomic E-state index is 0.178. The molecule has 3 heteroatoms. The van der Waals surface area contributed by atoms with E-state index in [0.717, 1.165) is 26.1 Å². The summed E-state index contributed by atoms with van der Waals surface area (Å²) in [5, 5.41) is 6.49. The number of benzene rings is 1. The van der Waals surface area contributed by atoms with Crippen LogP contribution in [0.2, 0.25) is 0 Å². The predicted octanol–water partition coefficient (Wildman–Crippen LogP) is 2.29. The molecular weight excluding hydrogens is 248 g/mol. The third kappa shape index (κ3) is 4.64. The molecule has 2 unspecified atom stereocenters. The number of aryl methyl sites for hydroxylation is 2. The van der Waals surface area contributed by atoms with Gasteiger partial charge in [-0.2, -0.15) is 0 Å². The van der Waals surface area contributed by atoms with Crippen molar-refractivity contribution in [3.63, 3.8) is 0 Å². The van der Waals surface area contributed by atoms with Gasteiger partial charge in [0.25, 0.3) is 0 Å². The van der Waals surface area contributed by atoms with E-state index in [2.05, 4.69) is 48.7 Å². The smallest absolute Gasteiger partial charge is 0.220 e. The van der Waals surface area contributed by atoms with Gasteiger partial charge in [0.1, 0.15) is 0 Å². The largest absolute Gasteiger partial charge is 0.356 e. The maximum atomic E-state index is 11.9. The highest BCUT2D eigenvalue weighted by Gasteiger charge is 2.21. The molecule has 1 fully saturated rings. The normalized spacial score (nSPS) is 22.5. The molecule has 0 aromatic heterocycles. The van der Waals surface area contributed by atoms with Crippen LogP contribution < -0.4 is 10.6 Å². The molecule has 1 heterocycles. The predicted molar refractivity (Wildman–Crippen MR) is 82.7 cm³/mol. The average molecular weight is 274 g/mol. The number of hydrogen-bond acceptors (Lipinski definition) is 2. The lowest BCUT2D eigenvalue weighted by molar-refractivity contribution is -0.121. The molecule has 2 N–H and O–H groups in total. The van der Waals surface area contributed by atoms with E-state index in [1.165, 1.54) is 17.5 Å². The zero-order valence-corrected chi connectivity index (χ0v) is 12.6. The van der Waals surface area contributed by atoms with Gasteiger partial charge < -0.3 is 10.6 Å². The second-order valence-corrected chi connectivity index (χ2v) is 6.02. The number of carbonyl (C=O) groups excluding carboxylic acids is 1. The zero-order chi connectivity index (χ0) is 14.4. The minimum Gasteiger partial charge on any atom is -0.356 e. The second-order valence-electron chi connectivity index (χ2n) is 6.02. The van der Waals surface area contributed by atoms with Crippen molar-refractivity contribution >= 4 is 5.91 Å².